The number of amides is 1. The summed E-state index contributed by atoms with van der Waals surface area (Å²) >= 11 is 0. The number of aromatic nitrogens is 3. The van der Waals surface area contributed by atoms with Gasteiger partial charge in [0.05, 0.1) is 21.8 Å². The fourth-order valence-corrected chi connectivity index (χ4v) is 5.45. The number of benzene rings is 1. The van der Waals surface area contributed by atoms with Gasteiger partial charge in [-0.05, 0) is 43.9 Å². The van der Waals surface area contributed by atoms with Gasteiger partial charge in [-0.15, -0.1) is 0 Å². The normalized spacial score (nSPS) is 16.4. The lowest BCUT2D eigenvalue weighted by Crippen LogP contribution is -2.50. The topological polar surface area (TPSA) is 87.9 Å². The van der Waals surface area contributed by atoms with Crippen molar-refractivity contribution in [1.29, 1.82) is 0 Å². The minimum Gasteiger partial charge on any atom is -0.336 e. The Morgan fingerprint density at radius 3 is 2.38 bits per heavy atom. The van der Waals surface area contributed by atoms with Gasteiger partial charge in [0.25, 0.3) is 5.91 Å². The van der Waals surface area contributed by atoms with Crippen LogP contribution in [0.3, 0.4) is 0 Å². The van der Waals surface area contributed by atoms with Crippen molar-refractivity contribution < 1.29 is 13.2 Å². The molecule has 1 amide bonds. The van der Waals surface area contributed by atoms with Gasteiger partial charge in [-0.2, -0.15) is 9.40 Å². The maximum Gasteiger partial charge on any atom is 0.257 e. The van der Waals surface area contributed by atoms with E-state index in [0.717, 1.165) is 23.4 Å². The van der Waals surface area contributed by atoms with Crippen LogP contribution in [0.25, 0.3) is 5.65 Å². The number of carbonyl (C=O) groups excluding carboxylic acids is 1. The lowest BCUT2D eigenvalue weighted by Gasteiger charge is -2.34. The average Bonchev–Trinajstić information content (AvgIpc) is 3.20. The number of nitrogens with zero attached hydrogens (tertiary/aromatic N) is 5. The van der Waals surface area contributed by atoms with E-state index in [0.29, 0.717) is 35.1 Å². The Hall–Kier alpha value is -2.78. The van der Waals surface area contributed by atoms with Crippen molar-refractivity contribution in [2.75, 3.05) is 26.2 Å². The average molecular weight is 456 g/mol. The molecule has 3 heterocycles. The maximum atomic E-state index is 13.1. The van der Waals surface area contributed by atoms with E-state index < -0.39 is 10.0 Å². The molecule has 0 spiro atoms. The summed E-state index contributed by atoms with van der Waals surface area (Å²) in [4.78, 5) is 19.4. The molecule has 1 fully saturated rings. The van der Waals surface area contributed by atoms with Gasteiger partial charge in [0.2, 0.25) is 10.0 Å². The second-order valence-electron chi connectivity index (χ2n) is 8.39. The van der Waals surface area contributed by atoms with Crippen molar-refractivity contribution in [2.24, 2.45) is 0 Å². The summed E-state index contributed by atoms with van der Waals surface area (Å²) in [6, 6.07) is 9.02. The summed E-state index contributed by atoms with van der Waals surface area (Å²) in [5, 5.41) is 4.40. The molecule has 0 aliphatic carbocycles. The van der Waals surface area contributed by atoms with E-state index in [1.807, 2.05) is 32.0 Å². The highest BCUT2D eigenvalue weighted by Gasteiger charge is 2.31. The molecule has 8 nitrogen and oxygen atoms in total. The van der Waals surface area contributed by atoms with Crippen LogP contribution >= 0.6 is 0 Å². The summed E-state index contributed by atoms with van der Waals surface area (Å²) in [6.07, 6.45) is 2.58. The van der Waals surface area contributed by atoms with E-state index in [4.69, 9.17) is 0 Å². The monoisotopic (exact) mass is 455 g/mol. The predicted molar refractivity (Wildman–Crippen MR) is 122 cm³/mol. The molecule has 0 unspecified atom stereocenters. The number of hydrogen-bond acceptors (Lipinski definition) is 5. The first kappa shape index (κ1) is 22.4. The minimum absolute atomic E-state index is 0.153. The molecule has 170 valence electrons. The molecule has 1 aliphatic heterocycles. The van der Waals surface area contributed by atoms with Crippen LogP contribution in [0.4, 0.5) is 0 Å². The highest BCUT2D eigenvalue weighted by Crippen LogP contribution is 2.23. The molecule has 3 aromatic rings. The molecule has 0 saturated carbocycles. The zero-order chi connectivity index (χ0) is 23.0. The van der Waals surface area contributed by atoms with E-state index in [1.54, 1.807) is 27.7 Å². The molecule has 32 heavy (non-hydrogen) atoms. The van der Waals surface area contributed by atoms with Crippen molar-refractivity contribution >= 4 is 21.6 Å². The van der Waals surface area contributed by atoms with Gasteiger partial charge in [-0.25, -0.2) is 17.9 Å². The zero-order valence-electron chi connectivity index (χ0n) is 18.9. The third-order valence-corrected chi connectivity index (χ3v) is 8.21. The van der Waals surface area contributed by atoms with Crippen molar-refractivity contribution in [2.45, 2.75) is 44.9 Å². The van der Waals surface area contributed by atoms with Crippen LogP contribution in [-0.2, 0) is 10.0 Å². The van der Waals surface area contributed by atoms with Crippen molar-refractivity contribution in [1.82, 2.24) is 23.8 Å². The number of sulfonamides is 1. The third-order valence-electron chi connectivity index (χ3n) is 6.30. The van der Waals surface area contributed by atoms with Crippen LogP contribution in [0.15, 0.2) is 41.4 Å². The van der Waals surface area contributed by atoms with Gasteiger partial charge >= 0.3 is 0 Å². The largest absolute Gasteiger partial charge is 0.336 e. The summed E-state index contributed by atoms with van der Waals surface area (Å²) in [7, 11) is -3.59. The maximum absolute atomic E-state index is 13.1. The summed E-state index contributed by atoms with van der Waals surface area (Å²) in [5.41, 5.74) is 3.88. The van der Waals surface area contributed by atoms with E-state index in [1.165, 1.54) is 4.31 Å². The summed E-state index contributed by atoms with van der Waals surface area (Å²) in [5.74, 6) is 0.240. The predicted octanol–water partition coefficient (Wildman–Crippen LogP) is 3.01. The summed E-state index contributed by atoms with van der Waals surface area (Å²) < 4.78 is 29.3. The van der Waals surface area contributed by atoms with E-state index in [-0.39, 0.29) is 19.0 Å². The standard InChI is InChI=1S/C23H29N5O3S/c1-5-16(2)19-6-8-20(9-7-19)32(30,31)27-12-10-26(11-13-27)23(29)21-15-24-22-14-17(3)25-28(22)18(21)4/h6-9,14-16H,5,10-13H2,1-4H3/t16-/m1/s1. The Morgan fingerprint density at radius 2 is 1.75 bits per heavy atom. The van der Waals surface area contributed by atoms with E-state index in [9.17, 15) is 13.2 Å². The van der Waals surface area contributed by atoms with Gasteiger partial charge in [0.15, 0.2) is 5.65 Å². The molecule has 4 rings (SSSR count). The SMILES string of the molecule is CC[C@@H](C)c1ccc(S(=O)(=O)N2CCN(C(=O)c3cnc4cc(C)nn4c3C)CC2)cc1. The number of aryl methyl sites for hydroxylation is 2. The third kappa shape index (κ3) is 4.02. The Kier molecular flexibility index (Phi) is 6.05. The lowest BCUT2D eigenvalue weighted by molar-refractivity contribution is 0.0696. The molecule has 0 bridgehead atoms. The molecule has 1 atom stereocenters. The van der Waals surface area contributed by atoms with E-state index in [2.05, 4.69) is 23.9 Å². The van der Waals surface area contributed by atoms with E-state index >= 15 is 0 Å². The number of piperazine rings is 1. The number of rotatable bonds is 5. The first-order chi connectivity index (χ1) is 15.2. The van der Waals surface area contributed by atoms with Crippen LogP contribution in [0, 0.1) is 13.8 Å². The smallest absolute Gasteiger partial charge is 0.257 e. The lowest BCUT2D eigenvalue weighted by atomic mass is 9.99. The molecule has 2 aromatic heterocycles. The quantitative estimate of drug-likeness (QED) is 0.590. The van der Waals surface area contributed by atoms with Gasteiger partial charge in [-0.3, -0.25) is 4.79 Å². The molecule has 1 aromatic carbocycles. The molecular weight excluding hydrogens is 426 g/mol. The van der Waals surface area contributed by atoms with Gasteiger partial charge in [0, 0.05) is 38.4 Å². The molecule has 1 aliphatic rings. The molecule has 0 radical (unpaired) electrons. The van der Waals surface area contributed by atoms with Crippen LogP contribution in [0.5, 0.6) is 0 Å². The number of fused-ring (bicyclic) bond motifs is 1. The van der Waals surface area contributed by atoms with Crippen molar-refractivity contribution in [3.8, 4) is 0 Å². The highest BCUT2D eigenvalue weighted by molar-refractivity contribution is 7.89. The first-order valence-electron chi connectivity index (χ1n) is 10.9. The number of hydrogen-bond donors (Lipinski definition) is 0. The Bertz CT molecular complexity index is 1240. The van der Waals surface area contributed by atoms with Crippen LogP contribution < -0.4 is 0 Å². The fraction of sp³-hybridized carbons (Fsp3) is 0.435. The van der Waals surface area contributed by atoms with Crippen molar-refractivity contribution in [3.05, 3.63) is 59.0 Å². The number of carbonyl (C=O) groups is 1. The molecule has 0 N–H and O–H groups in total. The van der Waals surface area contributed by atoms with Crippen molar-refractivity contribution in [3.63, 3.8) is 0 Å². The Balaban J connectivity index is 1.46. The van der Waals surface area contributed by atoms with Crippen LogP contribution in [-0.4, -0.2) is 64.3 Å². The van der Waals surface area contributed by atoms with Crippen LogP contribution in [0.2, 0.25) is 0 Å². The van der Waals surface area contributed by atoms with Gasteiger partial charge in [-0.1, -0.05) is 26.0 Å². The zero-order valence-corrected chi connectivity index (χ0v) is 19.8. The van der Waals surface area contributed by atoms with Gasteiger partial charge in [0.1, 0.15) is 0 Å². The minimum atomic E-state index is -3.59. The molecular formula is C23H29N5O3S. The molecule has 9 heteroatoms. The van der Waals surface area contributed by atoms with Crippen LogP contribution in [0.1, 0.15) is 53.5 Å². The second kappa shape index (κ2) is 8.63. The highest BCUT2D eigenvalue weighted by atomic mass is 32.2. The summed E-state index contributed by atoms with van der Waals surface area (Å²) in [6.45, 7) is 9.15. The Morgan fingerprint density at radius 1 is 1.09 bits per heavy atom. The first-order valence-corrected chi connectivity index (χ1v) is 12.4. The van der Waals surface area contributed by atoms with Gasteiger partial charge < -0.3 is 4.90 Å². The molecule has 1 saturated heterocycles. The fourth-order valence-electron chi connectivity index (χ4n) is 4.03. The second-order valence-corrected chi connectivity index (χ2v) is 10.3. The Labute approximate surface area is 188 Å².